The molecule has 3 aromatic rings. The predicted octanol–water partition coefficient (Wildman–Crippen LogP) is 4.79. The van der Waals surface area contributed by atoms with Gasteiger partial charge in [-0.1, -0.05) is 60.1 Å². The topological polar surface area (TPSA) is 52.6 Å². The number of aromatic hydroxyl groups is 1. The number of carbonyl (C=O) groups excluding carboxylic acids is 1. The second-order valence-corrected chi connectivity index (χ2v) is 6.69. The summed E-state index contributed by atoms with van der Waals surface area (Å²) in [5.41, 5.74) is 5.87. The van der Waals surface area contributed by atoms with Crippen molar-refractivity contribution < 1.29 is 9.90 Å². The maximum absolute atomic E-state index is 13.1. The van der Waals surface area contributed by atoms with Gasteiger partial charge >= 0.3 is 0 Å². The first-order chi connectivity index (χ1) is 13.1. The van der Waals surface area contributed by atoms with Crippen LogP contribution in [0.2, 0.25) is 5.02 Å². The van der Waals surface area contributed by atoms with Crippen molar-refractivity contribution in [2.75, 3.05) is 0 Å². The summed E-state index contributed by atoms with van der Waals surface area (Å²) in [6.07, 6.45) is 1.92. The fourth-order valence-corrected chi connectivity index (χ4v) is 3.31. The summed E-state index contributed by atoms with van der Waals surface area (Å²) in [6, 6.07) is 23.4. The molecule has 1 atom stereocenters. The molecule has 0 saturated heterocycles. The molecule has 4 rings (SSSR count). The highest BCUT2D eigenvalue weighted by atomic mass is 35.5. The molecular weight excluding hydrogens is 360 g/mol. The number of carbonyl (C=O) groups is 1. The van der Waals surface area contributed by atoms with Gasteiger partial charge in [0, 0.05) is 16.1 Å². The summed E-state index contributed by atoms with van der Waals surface area (Å²) in [4.78, 5) is 13.1. The molecule has 2 N–H and O–H groups in total. The number of nitrogens with zero attached hydrogens (tertiary/aromatic N) is 1. The highest BCUT2D eigenvalue weighted by Gasteiger charge is 2.32. The smallest absolute Gasteiger partial charge is 0.273 e. The molecule has 3 aromatic carbocycles. The van der Waals surface area contributed by atoms with Crippen LogP contribution in [0.5, 0.6) is 5.75 Å². The van der Waals surface area contributed by atoms with E-state index in [1.165, 1.54) is 0 Å². The molecule has 0 radical (unpaired) electrons. The Hall–Kier alpha value is -3.24. The van der Waals surface area contributed by atoms with Gasteiger partial charge in [-0.25, -0.2) is 5.01 Å². The van der Waals surface area contributed by atoms with Crippen LogP contribution in [0.4, 0.5) is 0 Å². The first kappa shape index (κ1) is 17.2. The molecule has 1 unspecified atom stereocenters. The lowest BCUT2D eigenvalue weighted by atomic mass is 10.0. The van der Waals surface area contributed by atoms with Gasteiger partial charge in [-0.15, -0.1) is 0 Å². The Morgan fingerprint density at radius 1 is 0.963 bits per heavy atom. The summed E-state index contributed by atoms with van der Waals surface area (Å²) < 4.78 is 0. The summed E-state index contributed by atoms with van der Waals surface area (Å²) in [6.45, 7) is 0. The molecule has 27 heavy (non-hydrogen) atoms. The first-order valence-corrected chi connectivity index (χ1v) is 8.92. The Morgan fingerprint density at radius 2 is 1.63 bits per heavy atom. The van der Waals surface area contributed by atoms with E-state index in [1.54, 1.807) is 35.3 Å². The van der Waals surface area contributed by atoms with E-state index in [2.05, 4.69) is 5.43 Å². The van der Waals surface area contributed by atoms with E-state index in [0.717, 1.165) is 5.56 Å². The zero-order valence-corrected chi connectivity index (χ0v) is 15.1. The SMILES string of the molecule is O=C(c1ccccc1)N1NC(c2cc(Cl)ccc2O)=CC1c1ccccc1. The Labute approximate surface area is 162 Å². The minimum absolute atomic E-state index is 0.0963. The second kappa shape index (κ2) is 7.17. The third-order valence-corrected chi connectivity index (χ3v) is 4.71. The first-order valence-electron chi connectivity index (χ1n) is 8.54. The van der Waals surface area contributed by atoms with Crippen molar-refractivity contribution in [2.24, 2.45) is 0 Å². The standard InChI is InChI=1S/C22H17ClN2O2/c23-17-11-12-21(26)18(13-17)19-14-20(15-7-3-1-4-8-15)25(24-19)22(27)16-9-5-2-6-10-16/h1-14,20,24,26H. The fourth-order valence-electron chi connectivity index (χ4n) is 3.14. The molecule has 0 spiro atoms. The maximum Gasteiger partial charge on any atom is 0.273 e. The van der Waals surface area contributed by atoms with E-state index in [0.29, 0.717) is 21.8 Å². The molecule has 0 aromatic heterocycles. The van der Waals surface area contributed by atoms with Crippen LogP contribution < -0.4 is 5.43 Å². The van der Waals surface area contributed by atoms with E-state index in [4.69, 9.17) is 11.6 Å². The Bertz CT molecular complexity index is 1000. The average molecular weight is 377 g/mol. The number of nitrogens with one attached hydrogen (secondary N) is 1. The number of benzene rings is 3. The zero-order chi connectivity index (χ0) is 18.8. The van der Waals surface area contributed by atoms with Crippen LogP contribution in [-0.4, -0.2) is 16.0 Å². The summed E-state index contributed by atoms with van der Waals surface area (Å²) >= 11 is 6.10. The number of phenols is 1. The van der Waals surface area contributed by atoms with Gasteiger partial charge in [0.15, 0.2) is 0 Å². The van der Waals surface area contributed by atoms with Crippen LogP contribution in [0.3, 0.4) is 0 Å². The van der Waals surface area contributed by atoms with Gasteiger partial charge in [0.05, 0.1) is 11.7 Å². The largest absolute Gasteiger partial charge is 0.507 e. The third kappa shape index (κ3) is 3.39. The number of hydrazine groups is 1. The Balaban J connectivity index is 1.76. The van der Waals surface area contributed by atoms with Crippen molar-refractivity contribution in [2.45, 2.75) is 6.04 Å². The van der Waals surface area contributed by atoms with Gasteiger partial charge in [-0.3, -0.25) is 10.2 Å². The van der Waals surface area contributed by atoms with Gasteiger partial charge in [0.2, 0.25) is 0 Å². The van der Waals surface area contributed by atoms with Crippen molar-refractivity contribution >= 4 is 23.2 Å². The number of hydrogen-bond donors (Lipinski definition) is 2. The van der Waals surface area contributed by atoms with E-state index in [9.17, 15) is 9.90 Å². The highest BCUT2D eigenvalue weighted by molar-refractivity contribution is 6.30. The lowest BCUT2D eigenvalue weighted by Gasteiger charge is -2.25. The number of rotatable bonds is 3. The van der Waals surface area contributed by atoms with Crippen LogP contribution in [0, 0.1) is 0 Å². The fraction of sp³-hybridized carbons (Fsp3) is 0.0455. The van der Waals surface area contributed by atoms with Gasteiger partial charge in [0.1, 0.15) is 5.75 Å². The van der Waals surface area contributed by atoms with Crippen LogP contribution in [0.1, 0.15) is 27.5 Å². The quantitative estimate of drug-likeness (QED) is 0.691. The molecule has 0 saturated carbocycles. The molecule has 0 fully saturated rings. The summed E-state index contributed by atoms with van der Waals surface area (Å²) in [7, 11) is 0. The zero-order valence-electron chi connectivity index (χ0n) is 14.3. The molecular formula is C22H17ClN2O2. The molecule has 0 aliphatic carbocycles. The van der Waals surface area contributed by atoms with Crippen molar-refractivity contribution in [1.29, 1.82) is 0 Å². The van der Waals surface area contributed by atoms with Gasteiger partial charge in [-0.05, 0) is 42.0 Å². The highest BCUT2D eigenvalue weighted by Crippen LogP contribution is 2.36. The van der Waals surface area contributed by atoms with Gasteiger partial charge in [0.25, 0.3) is 5.91 Å². The Kier molecular flexibility index (Phi) is 4.57. The van der Waals surface area contributed by atoms with E-state index in [1.807, 2.05) is 54.6 Å². The van der Waals surface area contributed by atoms with Crippen LogP contribution in [-0.2, 0) is 0 Å². The second-order valence-electron chi connectivity index (χ2n) is 6.25. The predicted molar refractivity (Wildman–Crippen MR) is 106 cm³/mol. The number of hydrogen-bond acceptors (Lipinski definition) is 3. The van der Waals surface area contributed by atoms with Crippen LogP contribution >= 0.6 is 11.6 Å². The normalized spacial score (nSPS) is 16.0. The minimum Gasteiger partial charge on any atom is -0.507 e. The van der Waals surface area contributed by atoms with Crippen LogP contribution in [0.25, 0.3) is 5.70 Å². The molecule has 1 aliphatic rings. The third-order valence-electron chi connectivity index (χ3n) is 4.47. The van der Waals surface area contributed by atoms with E-state index in [-0.39, 0.29) is 17.7 Å². The van der Waals surface area contributed by atoms with Crippen molar-refractivity contribution in [3.63, 3.8) is 0 Å². The number of amides is 1. The summed E-state index contributed by atoms with van der Waals surface area (Å²) in [5, 5.41) is 12.3. The average Bonchev–Trinajstić information content (AvgIpc) is 3.16. The molecule has 1 aliphatic heterocycles. The molecule has 5 heteroatoms. The molecule has 1 amide bonds. The lowest BCUT2D eigenvalue weighted by Crippen LogP contribution is -2.39. The molecule has 134 valence electrons. The number of phenolic OH excluding ortho intramolecular Hbond substituents is 1. The van der Waals surface area contributed by atoms with Crippen molar-refractivity contribution in [1.82, 2.24) is 10.4 Å². The monoisotopic (exact) mass is 376 g/mol. The van der Waals surface area contributed by atoms with Crippen molar-refractivity contribution in [3.8, 4) is 5.75 Å². The van der Waals surface area contributed by atoms with Crippen LogP contribution in [0.15, 0.2) is 84.9 Å². The molecule has 0 bridgehead atoms. The van der Waals surface area contributed by atoms with E-state index < -0.39 is 0 Å². The van der Waals surface area contributed by atoms with E-state index >= 15 is 0 Å². The Morgan fingerprint density at radius 3 is 2.33 bits per heavy atom. The minimum atomic E-state index is -0.313. The number of halogens is 1. The van der Waals surface area contributed by atoms with Gasteiger partial charge < -0.3 is 5.11 Å². The molecule has 4 nitrogen and oxygen atoms in total. The molecule has 1 heterocycles. The summed E-state index contributed by atoms with van der Waals surface area (Å²) in [5.74, 6) is -0.0591. The lowest BCUT2D eigenvalue weighted by molar-refractivity contribution is 0.0672. The maximum atomic E-state index is 13.1. The van der Waals surface area contributed by atoms with Gasteiger partial charge in [-0.2, -0.15) is 0 Å². The van der Waals surface area contributed by atoms with Crippen molar-refractivity contribution in [3.05, 3.63) is 107 Å².